The number of methoxy groups -OCH3 is 1. The molecule has 2 heterocycles. The van der Waals surface area contributed by atoms with Crippen molar-refractivity contribution in [2.75, 3.05) is 19.4 Å². The van der Waals surface area contributed by atoms with Gasteiger partial charge in [0.15, 0.2) is 5.82 Å². The first-order valence-electron chi connectivity index (χ1n) is 7.90. The van der Waals surface area contributed by atoms with Crippen molar-refractivity contribution in [1.82, 2.24) is 19.3 Å². The van der Waals surface area contributed by atoms with Crippen LogP contribution in [0.3, 0.4) is 0 Å². The molecule has 1 aromatic carbocycles. The number of rotatable bonds is 7. The second kappa shape index (κ2) is 7.11. The molecule has 0 fully saturated rings. The highest BCUT2D eigenvalue weighted by Gasteiger charge is 2.15. The van der Waals surface area contributed by atoms with E-state index in [0.29, 0.717) is 18.8 Å². The summed E-state index contributed by atoms with van der Waals surface area (Å²) in [7, 11) is -1.53. The predicted molar refractivity (Wildman–Crippen MR) is 98.8 cm³/mol. The maximum absolute atomic E-state index is 11.5. The normalized spacial score (nSPS) is 12.0. The van der Waals surface area contributed by atoms with Gasteiger partial charge in [0.1, 0.15) is 5.75 Å². The van der Waals surface area contributed by atoms with Gasteiger partial charge in [0.05, 0.1) is 18.6 Å². The Balaban J connectivity index is 1.78. The molecule has 0 amide bonds. The minimum absolute atomic E-state index is 0.0898. The van der Waals surface area contributed by atoms with E-state index >= 15 is 0 Å². The molecule has 3 aromatic rings. The van der Waals surface area contributed by atoms with Gasteiger partial charge >= 0.3 is 0 Å². The molecule has 9 heteroatoms. The van der Waals surface area contributed by atoms with Crippen molar-refractivity contribution in [1.29, 1.82) is 0 Å². The van der Waals surface area contributed by atoms with E-state index in [2.05, 4.69) is 14.8 Å². The van der Waals surface area contributed by atoms with Crippen LogP contribution in [0.15, 0.2) is 24.3 Å². The molecule has 2 aromatic heterocycles. The highest BCUT2D eigenvalue weighted by molar-refractivity contribution is 7.89. The van der Waals surface area contributed by atoms with Crippen LogP contribution < -0.4 is 9.46 Å². The second-order valence-corrected chi connectivity index (χ2v) is 8.67. The van der Waals surface area contributed by atoms with Gasteiger partial charge in [-0.3, -0.25) is 0 Å². The molecule has 0 aliphatic heterocycles. The van der Waals surface area contributed by atoms with Gasteiger partial charge in [-0.05, 0) is 44.5 Å². The Hall–Kier alpha value is -1.97. The molecule has 0 atom stereocenters. The standard InChI is InChI=1S/C16H20N4O3S2/c1-4-25(21,22)17-10-9-14-11(2)20-16(24-14)18-15(19-20)12-5-7-13(23-3)8-6-12/h5-8,17H,4,9-10H2,1-3H3. The number of thiazole rings is 1. The topological polar surface area (TPSA) is 85.6 Å². The molecule has 0 unspecified atom stereocenters. The molecular formula is C16H20N4O3S2. The zero-order valence-electron chi connectivity index (χ0n) is 14.3. The van der Waals surface area contributed by atoms with Crippen LogP contribution in [0.5, 0.6) is 5.75 Å². The van der Waals surface area contributed by atoms with Crippen molar-refractivity contribution >= 4 is 26.3 Å². The number of hydrogen-bond acceptors (Lipinski definition) is 6. The summed E-state index contributed by atoms with van der Waals surface area (Å²) in [4.78, 5) is 6.47. The monoisotopic (exact) mass is 380 g/mol. The van der Waals surface area contributed by atoms with Gasteiger partial charge in [0.2, 0.25) is 15.0 Å². The minimum atomic E-state index is -3.16. The number of nitrogens with zero attached hydrogens (tertiary/aromatic N) is 3. The summed E-state index contributed by atoms with van der Waals surface area (Å²) in [5.74, 6) is 1.54. The molecule has 0 radical (unpaired) electrons. The number of hydrogen-bond donors (Lipinski definition) is 1. The Morgan fingerprint density at radius 2 is 2.00 bits per heavy atom. The second-order valence-electron chi connectivity index (χ2n) is 5.52. The number of sulfonamides is 1. The number of benzene rings is 1. The van der Waals surface area contributed by atoms with Gasteiger partial charge in [-0.15, -0.1) is 5.10 Å². The van der Waals surface area contributed by atoms with E-state index in [4.69, 9.17) is 4.74 Å². The minimum Gasteiger partial charge on any atom is -0.497 e. The molecule has 0 spiro atoms. The number of fused-ring (bicyclic) bond motifs is 1. The third-order valence-electron chi connectivity index (χ3n) is 3.92. The van der Waals surface area contributed by atoms with Crippen LogP contribution in [0.4, 0.5) is 0 Å². The van der Waals surface area contributed by atoms with Gasteiger partial charge in [-0.2, -0.15) is 4.98 Å². The SMILES string of the molecule is CCS(=O)(=O)NCCc1sc2nc(-c3ccc(OC)cc3)nn2c1C. The van der Waals surface area contributed by atoms with Gasteiger partial charge in [-0.1, -0.05) is 11.3 Å². The van der Waals surface area contributed by atoms with Crippen molar-refractivity contribution in [3.8, 4) is 17.1 Å². The number of ether oxygens (including phenoxy) is 1. The molecule has 134 valence electrons. The molecular weight excluding hydrogens is 360 g/mol. The van der Waals surface area contributed by atoms with Crippen molar-refractivity contribution in [3.05, 3.63) is 34.8 Å². The molecule has 0 saturated heterocycles. The van der Waals surface area contributed by atoms with Crippen LogP contribution >= 0.6 is 11.3 Å². The van der Waals surface area contributed by atoms with E-state index < -0.39 is 10.0 Å². The van der Waals surface area contributed by atoms with Crippen molar-refractivity contribution in [3.63, 3.8) is 0 Å². The van der Waals surface area contributed by atoms with Gasteiger partial charge in [-0.25, -0.2) is 17.7 Å². The molecule has 0 aliphatic carbocycles. The first-order chi connectivity index (χ1) is 11.9. The van der Waals surface area contributed by atoms with Crippen LogP contribution in [0.25, 0.3) is 16.3 Å². The van der Waals surface area contributed by atoms with E-state index in [1.807, 2.05) is 35.7 Å². The predicted octanol–water partition coefficient (Wildman–Crippen LogP) is 2.26. The summed E-state index contributed by atoms with van der Waals surface area (Å²) in [6.45, 7) is 3.98. The van der Waals surface area contributed by atoms with Gasteiger partial charge in [0.25, 0.3) is 0 Å². The van der Waals surface area contributed by atoms with Crippen molar-refractivity contribution in [2.24, 2.45) is 0 Å². The summed E-state index contributed by atoms with van der Waals surface area (Å²) in [6, 6.07) is 7.60. The van der Waals surface area contributed by atoms with Gasteiger partial charge in [0, 0.05) is 17.0 Å². The van der Waals surface area contributed by atoms with E-state index in [-0.39, 0.29) is 5.75 Å². The summed E-state index contributed by atoms with van der Waals surface area (Å²) in [5.41, 5.74) is 1.91. The van der Waals surface area contributed by atoms with E-state index in [0.717, 1.165) is 26.8 Å². The lowest BCUT2D eigenvalue weighted by molar-refractivity contribution is 0.415. The zero-order chi connectivity index (χ0) is 18.0. The average Bonchev–Trinajstić information content (AvgIpc) is 3.15. The maximum atomic E-state index is 11.5. The van der Waals surface area contributed by atoms with Crippen molar-refractivity contribution in [2.45, 2.75) is 20.3 Å². The van der Waals surface area contributed by atoms with E-state index in [1.165, 1.54) is 11.3 Å². The number of aryl methyl sites for hydroxylation is 1. The molecule has 25 heavy (non-hydrogen) atoms. The number of nitrogens with one attached hydrogen (secondary N) is 1. The summed E-state index contributed by atoms with van der Waals surface area (Å²) >= 11 is 1.54. The smallest absolute Gasteiger partial charge is 0.212 e. The molecule has 1 N–H and O–H groups in total. The number of aromatic nitrogens is 3. The van der Waals surface area contributed by atoms with Crippen LogP contribution in [0, 0.1) is 6.92 Å². The largest absolute Gasteiger partial charge is 0.497 e. The van der Waals surface area contributed by atoms with E-state index in [9.17, 15) is 8.42 Å². The van der Waals surface area contributed by atoms with E-state index in [1.54, 1.807) is 14.0 Å². The Morgan fingerprint density at radius 1 is 1.28 bits per heavy atom. The highest BCUT2D eigenvalue weighted by Crippen LogP contribution is 2.26. The molecule has 0 aliphatic rings. The Morgan fingerprint density at radius 3 is 2.60 bits per heavy atom. The lowest BCUT2D eigenvalue weighted by Crippen LogP contribution is -2.27. The summed E-state index contributed by atoms with van der Waals surface area (Å²) in [5, 5.41) is 4.57. The summed E-state index contributed by atoms with van der Waals surface area (Å²) < 4.78 is 32.6. The van der Waals surface area contributed by atoms with Crippen molar-refractivity contribution < 1.29 is 13.2 Å². The molecule has 0 bridgehead atoms. The fourth-order valence-electron chi connectivity index (χ4n) is 2.40. The first-order valence-corrected chi connectivity index (χ1v) is 10.4. The van der Waals surface area contributed by atoms with Crippen LogP contribution in [-0.2, 0) is 16.4 Å². The summed E-state index contributed by atoms with van der Waals surface area (Å²) in [6.07, 6.45) is 0.624. The third kappa shape index (κ3) is 3.83. The highest BCUT2D eigenvalue weighted by atomic mass is 32.2. The fraction of sp³-hybridized carbons (Fsp3) is 0.375. The quantitative estimate of drug-likeness (QED) is 0.679. The Labute approximate surface area is 150 Å². The lowest BCUT2D eigenvalue weighted by Gasteiger charge is -2.03. The van der Waals surface area contributed by atoms with Crippen LogP contribution in [0.2, 0.25) is 0 Å². The van der Waals surface area contributed by atoms with Crippen LogP contribution in [0.1, 0.15) is 17.5 Å². The molecule has 0 saturated carbocycles. The molecule has 7 nitrogen and oxygen atoms in total. The maximum Gasteiger partial charge on any atom is 0.212 e. The third-order valence-corrected chi connectivity index (χ3v) is 6.51. The Bertz CT molecular complexity index is 975. The van der Waals surface area contributed by atoms with Gasteiger partial charge < -0.3 is 4.74 Å². The average molecular weight is 380 g/mol. The molecule has 3 rings (SSSR count). The lowest BCUT2D eigenvalue weighted by atomic mass is 10.2. The first kappa shape index (κ1) is 17.8. The van der Waals surface area contributed by atoms with Crippen LogP contribution in [-0.4, -0.2) is 42.4 Å². The zero-order valence-corrected chi connectivity index (χ0v) is 15.9. The Kier molecular flexibility index (Phi) is 5.07. The fourth-order valence-corrected chi connectivity index (χ4v) is 4.07.